The number of amides is 1. The molecule has 0 fully saturated rings. The van der Waals surface area contributed by atoms with Gasteiger partial charge < -0.3 is 14.0 Å². The normalized spacial score (nSPS) is 13.1. The molecule has 1 atom stereocenters. The summed E-state index contributed by atoms with van der Waals surface area (Å²) >= 11 is 0. The number of likely N-dealkylation sites (N-methyl/N-ethyl adjacent to an activating group) is 1. The van der Waals surface area contributed by atoms with Gasteiger partial charge in [-0.2, -0.15) is 8.42 Å². The van der Waals surface area contributed by atoms with Crippen molar-refractivity contribution in [2.45, 2.75) is 52.0 Å². The van der Waals surface area contributed by atoms with Crippen LogP contribution >= 0.6 is 0 Å². The van der Waals surface area contributed by atoms with Gasteiger partial charge in [-0.1, -0.05) is 39.8 Å². The van der Waals surface area contributed by atoms with Crippen molar-refractivity contribution in [1.82, 2.24) is 9.80 Å². The predicted octanol–water partition coefficient (Wildman–Crippen LogP) is 4.95. The van der Waals surface area contributed by atoms with Crippen LogP contribution in [0.2, 0.25) is 0 Å². The molecule has 0 bridgehead atoms. The van der Waals surface area contributed by atoms with E-state index in [0.29, 0.717) is 19.5 Å². The van der Waals surface area contributed by atoms with E-state index >= 15 is 0 Å². The quantitative estimate of drug-likeness (QED) is 0.416. The second-order valence-corrected chi connectivity index (χ2v) is 11.9. The van der Waals surface area contributed by atoms with Crippen LogP contribution in [-0.4, -0.2) is 51.3 Å². The van der Waals surface area contributed by atoms with E-state index in [1.165, 1.54) is 0 Å². The molecule has 0 N–H and O–H groups in total. The van der Waals surface area contributed by atoms with Crippen molar-refractivity contribution in [2.75, 3.05) is 27.2 Å². The number of halogens is 1. The highest BCUT2D eigenvalue weighted by Crippen LogP contribution is 2.27. The van der Waals surface area contributed by atoms with Crippen LogP contribution in [0.4, 0.5) is 4.39 Å². The molecular formula is C26H37FN2O4S. The number of hydrogen-bond donors (Lipinski definition) is 0. The van der Waals surface area contributed by atoms with Crippen molar-refractivity contribution in [3.05, 3.63) is 59.9 Å². The topological polar surface area (TPSA) is 66.9 Å². The highest BCUT2D eigenvalue weighted by molar-refractivity contribution is 7.87. The Bertz CT molecular complexity index is 1030. The molecule has 2 aromatic rings. The van der Waals surface area contributed by atoms with Crippen LogP contribution in [0.5, 0.6) is 5.75 Å². The Labute approximate surface area is 203 Å². The Balaban J connectivity index is 2.08. The van der Waals surface area contributed by atoms with Crippen molar-refractivity contribution < 1.29 is 21.8 Å². The first-order valence-corrected chi connectivity index (χ1v) is 12.9. The van der Waals surface area contributed by atoms with Crippen LogP contribution in [0.25, 0.3) is 0 Å². The Kier molecular flexibility index (Phi) is 9.64. The van der Waals surface area contributed by atoms with Crippen LogP contribution in [0.3, 0.4) is 0 Å². The summed E-state index contributed by atoms with van der Waals surface area (Å²) in [5.74, 6) is 0.0159. The van der Waals surface area contributed by atoms with Gasteiger partial charge in [-0.05, 0) is 73.8 Å². The lowest BCUT2D eigenvalue weighted by Gasteiger charge is -2.28. The first-order chi connectivity index (χ1) is 15.7. The fourth-order valence-electron chi connectivity index (χ4n) is 3.80. The van der Waals surface area contributed by atoms with Gasteiger partial charge in [-0.25, -0.2) is 4.39 Å². The van der Waals surface area contributed by atoms with E-state index in [2.05, 4.69) is 27.7 Å². The summed E-state index contributed by atoms with van der Waals surface area (Å²) in [6.45, 7) is 10.4. The van der Waals surface area contributed by atoms with Gasteiger partial charge in [0.15, 0.2) is 0 Å². The molecule has 2 rings (SSSR count). The van der Waals surface area contributed by atoms with E-state index in [1.807, 2.05) is 23.9 Å². The minimum absolute atomic E-state index is 0.109. The molecule has 6 nitrogen and oxygen atoms in total. The van der Waals surface area contributed by atoms with Crippen LogP contribution in [0, 0.1) is 17.2 Å². The van der Waals surface area contributed by atoms with Crippen LogP contribution < -0.4 is 4.18 Å². The molecule has 0 saturated carbocycles. The van der Waals surface area contributed by atoms with E-state index in [9.17, 15) is 17.6 Å². The molecule has 0 heterocycles. The zero-order valence-corrected chi connectivity index (χ0v) is 21.9. The van der Waals surface area contributed by atoms with Gasteiger partial charge in [-0.3, -0.25) is 4.79 Å². The largest absolute Gasteiger partial charge is 0.379 e. The molecule has 34 heavy (non-hydrogen) atoms. The minimum atomic E-state index is -4.06. The summed E-state index contributed by atoms with van der Waals surface area (Å²) in [4.78, 5) is 16.8. The minimum Gasteiger partial charge on any atom is -0.379 e. The van der Waals surface area contributed by atoms with E-state index < -0.39 is 15.9 Å². The van der Waals surface area contributed by atoms with Crippen molar-refractivity contribution in [3.63, 3.8) is 0 Å². The summed E-state index contributed by atoms with van der Waals surface area (Å²) in [6, 6.07) is 11.1. The predicted molar refractivity (Wildman–Crippen MR) is 132 cm³/mol. The molecule has 8 heteroatoms. The maximum atomic E-state index is 13.1. The fraction of sp³-hybridized carbons (Fsp3) is 0.500. The Morgan fingerprint density at radius 2 is 1.59 bits per heavy atom. The third-order valence-corrected chi connectivity index (χ3v) is 6.52. The second kappa shape index (κ2) is 11.8. The van der Waals surface area contributed by atoms with Gasteiger partial charge in [0, 0.05) is 26.1 Å². The van der Waals surface area contributed by atoms with Crippen molar-refractivity contribution >= 4 is 16.0 Å². The Morgan fingerprint density at radius 3 is 2.12 bits per heavy atom. The third kappa shape index (κ3) is 9.43. The van der Waals surface area contributed by atoms with Gasteiger partial charge in [-0.15, -0.1) is 0 Å². The molecule has 0 spiro atoms. The lowest BCUT2D eigenvalue weighted by Crippen LogP contribution is -2.37. The molecular weight excluding hydrogens is 455 g/mol. The van der Waals surface area contributed by atoms with Gasteiger partial charge >= 0.3 is 10.1 Å². The lowest BCUT2D eigenvalue weighted by atomic mass is 9.84. The van der Waals surface area contributed by atoms with Crippen LogP contribution in [-0.2, 0) is 21.5 Å². The van der Waals surface area contributed by atoms with E-state index in [-0.39, 0.29) is 27.9 Å². The Hall–Kier alpha value is -2.45. The second-order valence-electron chi connectivity index (χ2n) is 10.3. The lowest BCUT2D eigenvalue weighted by molar-refractivity contribution is -0.133. The summed E-state index contributed by atoms with van der Waals surface area (Å²) in [5.41, 5.74) is 1.04. The average Bonchev–Trinajstić information content (AvgIpc) is 2.70. The highest BCUT2D eigenvalue weighted by atomic mass is 32.2. The number of hydrogen-bond acceptors (Lipinski definition) is 5. The third-order valence-electron chi connectivity index (χ3n) is 5.26. The summed E-state index contributed by atoms with van der Waals surface area (Å²) < 4.78 is 43.1. The Morgan fingerprint density at radius 1 is 1.00 bits per heavy atom. The number of carbonyl (C=O) groups is 1. The van der Waals surface area contributed by atoms with Crippen LogP contribution in [0.1, 0.15) is 46.1 Å². The van der Waals surface area contributed by atoms with E-state index in [4.69, 9.17) is 4.18 Å². The van der Waals surface area contributed by atoms with Gasteiger partial charge in [0.05, 0.1) is 0 Å². The fourth-order valence-corrected chi connectivity index (χ4v) is 4.73. The highest BCUT2D eigenvalue weighted by Gasteiger charge is 2.22. The molecule has 0 aliphatic heterocycles. The summed E-state index contributed by atoms with van der Waals surface area (Å²) in [5, 5.41) is 0. The average molecular weight is 493 g/mol. The number of rotatable bonds is 11. The number of nitrogens with zero attached hydrogens (tertiary/aromatic N) is 2. The zero-order valence-electron chi connectivity index (χ0n) is 21.0. The molecule has 2 aromatic carbocycles. The molecule has 0 aliphatic carbocycles. The molecule has 0 aliphatic rings. The first-order valence-electron chi connectivity index (χ1n) is 11.5. The molecule has 1 unspecified atom stereocenters. The maximum absolute atomic E-state index is 13.1. The van der Waals surface area contributed by atoms with Crippen molar-refractivity contribution in [3.8, 4) is 5.75 Å². The molecule has 1 amide bonds. The van der Waals surface area contributed by atoms with E-state index in [0.717, 1.165) is 42.8 Å². The SMILES string of the molecule is CC(CC(=O)N(CCN(C)C)Cc1ccc(OS(=O)(=O)c2ccc(F)cc2)cc1)CC(C)(C)C. The molecule has 0 aromatic heterocycles. The van der Waals surface area contributed by atoms with Crippen molar-refractivity contribution in [1.29, 1.82) is 0 Å². The smallest absolute Gasteiger partial charge is 0.339 e. The zero-order chi connectivity index (χ0) is 25.5. The van der Waals surface area contributed by atoms with Gasteiger partial charge in [0.25, 0.3) is 0 Å². The van der Waals surface area contributed by atoms with Gasteiger partial charge in [0.2, 0.25) is 5.91 Å². The van der Waals surface area contributed by atoms with E-state index in [1.54, 1.807) is 24.3 Å². The van der Waals surface area contributed by atoms with Gasteiger partial charge in [0.1, 0.15) is 16.5 Å². The summed E-state index contributed by atoms with van der Waals surface area (Å²) in [7, 11) is -0.121. The maximum Gasteiger partial charge on any atom is 0.339 e. The molecule has 0 saturated heterocycles. The molecule has 0 radical (unpaired) electrons. The number of benzene rings is 2. The summed E-state index contributed by atoms with van der Waals surface area (Å²) in [6.07, 6.45) is 1.45. The standard InChI is InChI=1S/C26H37FN2O4S/c1-20(18-26(2,3)4)17-25(30)29(16-15-28(5)6)19-21-7-11-23(12-8-21)33-34(31,32)24-13-9-22(27)10-14-24/h7-14,20H,15-19H2,1-6H3. The number of carbonyl (C=O) groups excluding carboxylic acids is 1. The molecule has 188 valence electrons. The van der Waals surface area contributed by atoms with Crippen molar-refractivity contribution in [2.24, 2.45) is 11.3 Å². The monoisotopic (exact) mass is 492 g/mol. The van der Waals surface area contributed by atoms with Crippen LogP contribution in [0.15, 0.2) is 53.4 Å². The first kappa shape index (κ1) is 27.8.